The molecule has 1 aliphatic heterocycles. The third kappa shape index (κ3) is 0.621. The van der Waals surface area contributed by atoms with Crippen molar-refractivity contribution in [2.45, 2.75) is 11.9 Å². The van der Waals surface area contributed by atoms with Gasteiger partial charge in [0.15, 0.2) is 0 Å². The number of rotatable bonds is 1. The Kier molecular flexibility index (Phi) is 1.24. The molecule has 0 aromatic rings. The molecule has 1 heterocycles. The second-order valence-electron chi connectivity index (χ2n) is 1.83. The molecule has 1 saturated heterocycles. The largest absolute Gasteiger partial charge is 0.391 e. The van der Waals surface area contributed by atoms with Crippen molar-refractivity contribution in [3.8, 4) is 0 Å². The highest BCUT2D eigenvalue weighted by molar-refractivity contribution is 4.84. The van der Waals surface area contributed by atoms with Crippen LogP contribution in [0, 0.1) is 0 Å². The monoisotopic (exact) mass is 120 g/mol. The van der Waals surface area contributed by atoms with E-state index in [1.807, 2.05) is 0 Å². The molecule has 0 spiro atoms. The van der Waals surface area contributed by atoms with Crippen LogP contribution >= 0.6 is 0 Å². The lowest BCUT2D eigenvalue weighted by molar-refractivity contribution is -0.356. The van der Waals surface area contributed by atoms with Crippen LogP contribution in [0.15, 0.2) is 0 Å². The maximum absolute atomic E-state index is 8.77. The molecule has 1 aliphatic rings. The number of ether oxygens (including phenoxy) is 1. The third-order valence-electron chi connectivity index (χ3n) is 1.24. The Hall–Kier alpha value is -0.160. The van der Waals surface area contributed by atoms with Crippen LogP contribution in [0.1, 0.15) is 0 Å². The van der Waals surface area contributed by atoms with Gasteiger partial charge in [-0.25, -0.2) is 0 Å². The van der Waals surface area contributed by atoms with E-state index >= 15 is 0 Å². The quantitative estimate of drug-likeness (QED) is 0.376. The standard InChI is InChI=1S/C4H8O4/c5-2-4(7)3(6)1-8-4/h3,5-7H,1-2H2. The van der Waals surface area contributed by atoms with Gasteiger partial charge in [0, 0.05) is 0 Å². The summed E-state index contributed by atoms with van der Waals surface area (Å²) in [4.78, 5) is 0. The zero-order valence-corrected chi connectivity index (χ0v) is 4.24. The van der Waals surface area contributed by atoms with E-state index in [-0.39, 0.29) is 6.61 Å². The fourth-order valence-corrected chi connectivity index (χ4v) is 0.501. The molecular weight excluding hydrogens is 112 g/mol. The maximum Gasteiger partial charge on any atom is 0.218 e. The highest BCUT2D eigenvalue weighted by atomic mass is 16.7. The topological polar surface area (TPSA) is 69.9 Å². The van der Waals surface area contributed by atoms with Crippen molar-refractivity contribution < 1.29 is 20.1 Å². The van der Waals surface area contributed by atoms with Crippen molar-refractivity contribution in [2.75, 3.05) is 13.2 Å². The maximum atomic E-state index is 8.77. The summed E-state index contributed by atoms with van der Waals surface area (Å²) in [6.07, 6.45) is -0.924. The Balaban J connectivity index is 2.42. The van der Waals surface area contributed by atoms with Crippen LogP contribution < -0.4 is 0 Å². The van der Waals surface area contributed by atoms with Crippen molar-refractivity contribution in [1.29, 1.82) is 0 Å². The lowest BCUT2D eigenvalue weighted by Gasteiger charge is -2.39. The third-order valence-corrected chi connectivity index (χ3v) is 1.24. The van der Waals surface area contributed by atoms with E-state index in [0.717, 1.165) is 0 Å². The second-order valence-corrected chi connectivity index (χ2v) is 1.83. The first-order valence-corrected chi connectivity index (χ1v) is 2.34. The highest BCUT2D eigenvalue weighted by Gasteiger charge is 2.45. The van der Waals surface area contributed by atoms with Gasteiger partial charge in [0.05, 0.1) is 13.2 Å². The molecule has 1 fully saturated rings. The van der Waals surface area contributed by atoms with E-state index in [1.165, 1.54) is 0 Å². The Morgan fingerprint density at radius 3 is 2.38 bits per heavy atom. The lowest BCUT2D eigenvalue weighted by atomic mass is 10.1. The average Bonchev–Trinajstić information content (AvgIpc) is 1.83. The van der Waals surface area contributed by atoms with Crippen LogP contribution in [0.5, 0.6) is 0 Å². The minimum atomic E-state index is -1.67. The molecule has 0 aromatic carbocycles. The van der Waals surface area contributed by atoms with Crippen LogP contribution in [-0.2, 0) is 4.74 Å². The fourth-order valence-electron chi connectivity index (χ4n) is 0.501. The molecule has 0 radical (unpaired) electrons. The molecule has 2 unspecified atom stereocenters. The number of aliphatic hydroxyl groups excluding tert-OH is 2. The summed E-state index contributed by atoms with van der Waals surface area (Å²) in [6.45, 7) is -0.439. The van der Waals surface area contributed by atoms with Gasteiger partial charge in [-0.2, -0.15) is 0 Å². The summed E-state index contributed by atoms with van der Waals surface area (Å²) in [7, 11) is 0. The zero-order valence-electron chi connectivity index (χ0n) is 4.24. The summed E-state index contributed by atoms with van der Waals surface area (Å²) in [5.74, 6) is -1.67. The molecular formula is C4H8O4. The van der Waals surface area contributed by atoms with Gasteiger partial charge in [0.1, 0.15) is 6.10 Å². The molecule has 0 saturated carbocycles. The van der Waals surface area contributed by atoms with Crippen molar-refractivity contribution in [1.82, 2.24) is 0 Å². The molecule has 3 N–H and O–H groups in total. The molecule has 8 heavy (non-hydrogen) atoms. The SMILES string of the molecule is OCC1(O)OCC1O. The Labute approximate surface area is 46.3 Å². The molecule has 0 bridgehead atoms. The van der Waals surface area contributed by atoms with Crippen LogP contribution in [0.25, 0.3) is 0 Å². The highest BCUT2D eigenvalue weighted by Crippen LogP contribution is 2.22. The van der Waals surface area contributed by atoms with Crippen LogP contribution in [-0.4, -0.2) is 40.4 Å². The molecule has 4 heteroatoms. The molecule has 0 aliphatic carbocycles. The van der Waals surface area contributed by atoms with Gasteiger partial charge in [-0.05, 0) is 0 Å². The van der Waals surface area contributed by atoms with Crippen LogP contribution in [0.2, 0.25) is 0 Å². The number of hydrogen-bond acceptors (Lipinski definition) is 4. The predicted octanol–water partition coefficient (Wildman–Crippen LogP) is -1.94. The van der Waals surface area contributed by atoms with E-state index in [2.05, 4.69) is 4.74 Å². The normalized spacial score (nSPS) is 46.1. The van der Waals surface area contributed by atoms with Gasteiger partial charge < -0.3 is 20.1 Å². The van der Waals surface area contributed by atoms with E-state index in [9.17, 15) is 0 Å². The van der Waals surface area contributed by atoms with Gasteiger partial charge >= 0.3 is 0 Å². The number of hydrogen-bond donors (Lipinski definition) is 3. The molecule has 0 amide bonds. The molecule has 0 aromatic heterocycles. The Morgan fingerprint density at radius 1 is 1.75 bits per heavy atom. The minimum Gasteiger partial charge on any atom is -0.391 e. The first kappa shape index (κ1) is 5.97. The first-order valence-electron chi connectivity index (χ1n) is 2.34. The van der Waals surface area contributed by atoms with E-state index in [1.54, 1.807) is 0 Å². The van der Waals surface area contributed by atoms with E-state index in [0.29, 0.717) is 0 Å². The second kappa shape index (κ2) is 1.66. The summed E-state index contributed by atoms with van der Waals surface area (Å²) in [5.41, 5.74) is 0. The summed E-state index contributed by atoms with van der Waals surface area (Å²) >= 11 is 0. The van der Waals surface area contributed by atoms with Crippen LogP contribution in [0.4, 0.5) is 0 Å². The van der Waals surface area contributed by atoms with Gasteiger partial charge in [-0.1, -0.05) is 0 Å². The average molecular weight is 120 g/mol. The number of aliphatic hydroxyl groups is 3. The first-order chi connectivity index (χ1) is 3.69. The van der Waals surface area contributed by atoms with Gasteiger partial charge in [0.25, 0.3) is 0 Å². The predicted molar refractivity (Wildman–Crippen MR) is 24.0 cm³/mol. The molecule has 4 nitrogen and oxygen atoms in total. The van der Waals surface area contributed by atoms with Crippen molar-refractivity contribution in [2.24, 2.45) is 0 Å². The minimum absolute atomic E-state index is 0.108. The summed E-state index contributed by atoms with van der Waals surface area (Å²) in [6, 6.07) is 0. The summed E-state index contributed by atoms with van der Waals surface area (Å²) < 4.78 is 4.44. The van der Waals surface area contributed by atoms with E-state index < -0.39 is 18.5 Å². The molecule has 1 rings (SSSR count). The Bertz CT molecular complexity index is 90.0. The zero-order chi connectivity index (χ0) is 6.20. The van der Waals surface area contributed by atoms with Gasteiger partial charge in [0.2, 0.25) is 5.79 Å². The van der Waals surface area contributed by atoms with Crippen molar-refractivity contribution in [3.63, 3.8) is 0 Å². The lowest BCUT2D eigenvalue weighted by Crippen LogP contribution is -2.60. The molecule has 2 atom stereocenters. The van der Waals surface area contributed by atoms with Gasteiger partial charge in [-0.3, -0.25) is 0 Å². The van der Waals surface area contributed by atoms with Crippen molar-refractivity contribution in [3.05, 3.63) is 0 Å². The smallest absolute Gasteiger partial charge is 0.218 e. The van der Waals surface area contributed by atoms with E-state index in [4.69, 9.17) is 15.3 Å². The van der Waals surface area contributed by atoms with Crippen LogP contribution in [0.3, 0.4) is 0 Å². The molecule has 48 valence electrons. The summed E-state index contributed by atoms with van der Waals surface area (Å²) in [5, 5.41) is 25.7. The van der Waals surface area contributed by atoms with Crippen molar-refractivity contribution >= 4 is 0 Å². The fraction of sp³-hybridized carbons (Fsp3) is 1.00. The Morgan fingerprint density at radius 2 is 2.38 bits per heavy atom. The van der Waals surface area contributed by atoms with Gasteiger partial charge in [-0.15, -0.1) is 0 Å².